The van der Waals surface area contributed by atoms with Crippen LogP contribution in [0.3, 0.4) is 0 Å². The number of hydrogen-bond acceptors (Lipinski definition) is 3. The van der Waals surface area contributed by atoms with Gasteiger partial charge in [0.1, 0.15) is 11.8 Å². The van der Waals surface area contributed by atoms with Crippen LogP contribution in [-0.2, 0) is 21.5 Å². The summed E-state index contributed by atoms with van der Waals surface area (Å²) in [5.41, 5.74) is 2.14. The Labute approximate surface area is 219 Å². The third-order valence-electron chi connectivity index (χ3n) is 6.28. The van der Waals surface area contributed by atoms with Gasteiger partial charge in [0, 0.05) is 17.1 Å². The lowest BCUT2D eigenvalue weighted by atomic mass is 9.87. The molecule has 2 amide bonds. The molecule has 0 aromatic heterocycles. The standard InChI is InChI=1S/C27H34Br2N2O3/c1-18(26(33)30-22-7-5-6-8-22)31(16-19-9-12-21(28)13-10-19)25(32)17-34-24-14-11-20(15-23(24)29)27(2,3)4/h9-15,18,22H,5-8,16-17H2,1-4H3,(H,30,33)/t18-/m0/s1. The van der Waals surface area contributed by atoms with E-state index in [1.54, 1.807) is 11.8 Å². The second-order valence-electron chi connectivity index (χ2n) is 10.00. The average molecular weight is 594 g/mol. The Morgan fingerprint density at radius 3 is 2.32 bits per heavy atom. The van der Waals surface area contributed by atoms with Crippen molar-refractivity contribution in [1.82, 2.24) is 10.2 Å². The molecule has 0 saturated heterocycles. The van der Waals surface area contributed by atoms with Gasteiger partial charge in [-0.15, -0.1) is 0 Å². The zero-order chi connectivity index (χ0) is 24.9. The molecule has 0 radical (unpaired) electrons. The molecule has 0 aliphatic heterocycles. The Morgan fingerprint density at radius 2 is 1.74 bits per heavy atom. The fourth-order valence-corrected chi connectivity index (χ4v) is 4.83. The van der Waals surface area contributed by atoms with Gasteiger partial charge in [0.25, 0.3) is 5.91 Å². The minimum absolute atomic E-state index is 0.0143. The van der Waals surface area contributed by atoms with Crippen molar-refractivity contribution in [1.29, 1.82) is 0 Å². The highest BCUT2D eigenvalue weighted by atomic mass is 79.9. The summed E-state index contributed by atoms with van der Waals surface area (Å²) in [5, 5.41) is 3.12. The van der Waals surface area contributed by atoms with Crippen molar-refractivity contribution >= 4 is 43.7 Å². The van der Waals surface area contributed by atoms with Crippen LogP contribution >= 0.6 is 31.9 Å². The van der Waals surface area contributed by atoms with E-state index in [9.17, 15) is 9.59 Å². The summed E-state index contributed by atoms with van der Waals surface area (Å²) < 4.78 is 7.66. The van der Waals surface area contributed by atoms with E-state index in [0.29, 0.717) is 12.3 Å². The first-order valence-corrected chi connectivity index (χ1v) is 13.4. The Kier molecular flexibility index (Phi) is 9.21. The largest absolute Gasteiger partial charge is 0.483 e. The summed E-state index contributed by atoms with van der Waals surface area (Å²) >= 11 is 7.02. The molecule has 2 aromatic rings. The number of carbonyl (C=O) groups excluding carboxylic acids is 2. The highest BCUT2D eigenvalue weighted by Gasteiger charge is 2.29. The number of ether oxygens (including phenoxy) is 1. The van der Waals surface area contributed by atoms with Gasteiger partial charge in [-0.1, -0.05) is 67.7 Å². The molecule has 34 heavy (non-hydrogen) atoms. The average Bonchev–Trinajstić information content (AvgIpc) is 3.29. The summed E-state index contributed by atoms with van der Waals surface area (Å²) in [7, 11) is 0. The number of nitrogens with one attached hydrogen (secondary N) is 1. The van der Waals surface area contributed by atoms with E-state index >= 15 is 0 Å². The Morgan fingerprint density at radius 1 is 1.09 bits per heavy atom. The maximum Gasteiger partial charge on any atom is 0.261 e. The second-order valence-corrected chi connectivity index (χ2v) is 11.8. The molecule has 1 N–H and O–H groups in total. The number of carbonyl (C=O) groups is 2. The van der Waals surface area contributed by atoms with Crippen molar-refractivity contribution < 1.29 is 14.3 Å². The SMILES string of the molecule is C[C@@H](C(=O)NC1CCCC1)N(Cc1ccc(Br)cc1)C(=O)COc1ccc(C(C)(C)C)cc1Br. The van der Waals surface area contributed by atoms with Crippen molar-refractivity contribution in [3.8, 4) is 5.75 Å². The van der Waals surface area contributed by atoms with Crippen LogP contribution in [0.15, 0.2) is 51.4 Å². The normalized spacial score (nSPS) is 15.1. The molecule has 184 valence electrons. The number of nitrogens with zero attached hydrogens (tertiary/aromatic N) is 1. The molecule has 0 spiro atoms. The van der Waals surface area contributed by atoms with Gasteiger partial charge in [0.05, 0.1) is 4.47 Å². The molecule has 3 rings (SSSR count). The van der Waals surface area contributed by atoms with Gasteiger partial charge < -0.3 is 15.0 Å². The molecule has 2 aromatic carbocycles. The number of benzene rings is 2. The molecule has 1 saturated carbocycles. The van der Waals surface area contributed by atoms with Gasteiger partial charge in [0.15, 0.2) is 6.61 Å². The fourth-order valence-electron chi connectivity index (χ4n) is 4.07. The minimum Gasteiger partial charge on any atom is -0.483 e. The maximum absolute atomic E-state index is 13.3. The quantitative estimate of drug-likeness (QED) is 0.387. The molecular weight excluding hydrogens is 560 g/mol. The molecule has 1 atom stereocenters. The summed E-state index contributed by atoms with van der Waals surface area (Å²) in [5.74, 6) is 0.255. The van der Waals surface area contributed by atoms with Gasteiger partial charge >= 0.3 is 0 Å². The maximum atomic E-state index is 13.3. The van der Waals surface area contributed by atoms with Gasteiger partial charge in [-0.3, -0.25) is 9.59 Å². The van der Waals surface area contributed by atoms with Gasteiger partial charge in [-0.25, -0.2) is 0 Å². The molecule has 7 heteroatoms. The molecule has 0 bridgehead atoms. The van der Waals surface area contributed by atoms with E-state index < -0.39 is 6.04 Å². The smallest absolute Gasteiger partial charge is 0.261 e. The fraction of sp³-hybridized carbons (Fsp3) is 0.481. The molecule has 1 aliphatic rings. The molecular formula is C27H34Br2N2O3. The second kappa shape index (κ2) is 11.7. The summed E-state index contributed by atoms with van der Waals surface area (Å²) in [6.45, 7) is 8.42. The van der Waals surface area contributed by atoms with Crippen LogP contribution in [0.2, 0.25) is 0 Å². The summed E-state index contributed by atoms with van der Waals surface area (Å²) in [4.78, 5) is 27.9. The molecule has 0 unspecified atom stereocenters. The zero-order valence-electron chi connectivity index (χ0n) is 20.4. The van der Waals surface area contributed by atoms with Crippen LogP contribution in [0.25, 0.3) is 0 Å². The van der Waals surface area contributed by atoms with Crippen LogP contribution in [0, 0.1) is 0 Å². The van der Waals surface area contributed by atoms with Crippen LogP contribution in [0.1, 0.15) is 64.5 Å². The van der Waals surface area contributed by atoms with Gasteiger partial charge in [-0.05, 0) is 76.5 Å². The number of hydrogen-bond donors (Lipinski definition) is 1. The lowest BCUT2D eigenvalue weighted by Crippen LogP contribution is -2.50. The third kappa shape index (κ3) is 7.32. The topological polar surface area (TPSA) is 58.6 Å². The van der Waals surface area contributed by atoms with Crippen LogP contribution in [-0.4, -0.2) is 35.4 Å². The highest BCUT2D eigenvalue weighted by molar-refractivity contribution is 9.10. The molecule has 5 nitrogen and oxygen atoms in total. The number of rotatable bonds is 8. The lowest BCUT2D eigenvalue weighted by Gasteiger charge is -2.30. The van der Waals surface area contributed by atoms with E-state index in [0.717, 1.165) is 40.2 Å². The van der Waals surface area contributed by atoms with Crippen molar-refractivity contribution in [2.75, 3.05) is 6.61 Å². The van der Waals surface area contributed by atoms with E-state index in [-0.39, 0.29) is 29.9 Å². The summed E-state index contributed by atoms with van der Waals surface area (Å²) in [6.07, 6.45) is 4.27. The van der Waals surface area contributed by atoms with Gasteiger partial charge in [0.2, 0.25) is 5.91 Å². The van der Waals surface area contributed by atoms with Crippen molar-refractivity contribution in [3.63, 3.8) is 0 Å². The lowest BCUT2D eigenvalue weighted by molar-refractivity contribution is -0.142. The van der Waals surface area contributed by atoms with E-state index in [4.69, 9.17) is 4.74 Å². The van der Waals surface area contributed by atoms with Crippen molar-refractivity contribution in [2.45, 2.75) is 77.4 Å². The predicted octanol–water partition coefficient (Wildman–Crippen LogP) is 6.36. The van der Waals surface area contributed by atoms with E-state index in [1.807, 2.05) is 42.5 Å². The van der Waals surface area contributed by atoms with Crippen molar-refractivity contribution in [3.05, 3.63) is 62.5 Å². The van der Waals surface area contributed by atoms with Crippen LogP contribution < -0.4 is 10.1 Å². The van der Waals surface area contributed by atoms with Gasteiger partial charge in [-0.2, -0.15) is 0 Å². The number of halogens is 2. The van der Waals surface area contributed by atoms with Crippen LogP contribution in [0.4, 0.5) is 0 Å². The first-order valence-electron chi connectivity index (χ1n) is 11.8. The molecule has 1 aliphatic carbocycles. The number of amides is 2. The summed E-state index contributed by atoms with van der Waals surface area (Å²) in [6, 6.07) is 13.3. The van der Waals surface area contributed by atoms with E-state index in [1.165, 1.54) is 5.56 Å². The molecule has 1 fully saturated rings. The molecule has 0 heterocycles. The monoisotopic (exact) mass is 592 g/mol. The first kappa shape index (κ1) is 26.7. The predicted molar refractivity (Wildman–Crippen MR) is 143 cm³/mol. The van der Waals surface area contributed by atoms with Crippen LogP contribution in [0.5, 0.6) is 5.75 Å². The first-order chi connectivity index (χ1) is 16.0. The van der Waals surface area contributed by atoms with E-state index in [2.05, 4.69) is 57.9 Å². The Hall–Kier alpha value is -1.86. The third-order valence-corrected chi connectivity index (χ3v) is 7.43. The zero-order valence-corrected chi connectivity index (χ0v) is 23.5. The minimum atomic E-state index is -0.605. The van der Waals surface area contributed by atoms with Crippen molar-refractivity contribution in [2.24, 2.45) is 0 Å². The Balaban J connectivity index is 1.72. The highest BCUT2D eigenvalue weighted by Crippen LogP contribution is 2.31. The Bertz CT molecular complexity index is 996.